The number of rotatable bonds is 11. The lowest BCUT2D eigenvalue weighted by Gasteiger charge is -2.49. The quantitative estimate of drug-likeness (QED) is 0.180. The van der Waals surface area contributed by atoms with Crippen LogP contribution in [0.3, 0.4) is 0 Å². The van der Waals surface area contributed by atoms with Crippen LogP contribution in [-0.2, 0) is 35.2 Å². The number of nitrogens with zero attached hydrogens (tertiary/aromatic N) is 2. The van der Waals surface area contributed by atoms with Crippen molar-refractivity contribution >= 4 is 82.2 Å². The van der Waals surface area contributed by atoms with Gasteiger partial charge in [-0.1, -0.05) is 23.2 Å². The van der Waals surface area contributed by atoms with Crippen LogP contribution in [0.25, 0.3) is 0 Å². The van der Waals surface area contributed by atoms with Crippen LogP contribution in [0.1, 0.15) is 13.8 Å². The van der Waals surface area contributed by atoms with Crippen LogP contribution in [-0.4, -0.2) is 85.5 Å². The summed E-state index contributed by atoms with van der Waals surface area (Å²) in [5.41, 5.74) is 0.552. The zero-order chi connectivity index (χ0) is 31.8. The molecule has 44 heavy (non-hydrogen) atoms. The number of ether oxygens (including phenoxy) is 2. The second-order valence-electron chi connectivity index (χ2n) is 10.5. The Morgan fingerprint density at radius 2 is 1.86 bits per heavy atom. The summed E-state index contributed by atoms with van der Waals surface area (Å²) in [6.45, 7) is 3.62. The van der Waals surface area contributed by atoms with Gasteiger partial charge in [0.15, 0.2) is 36.9 Å². The normalized spacial score (nSPS) is 24.1. The minimum absolute atomic E-state index is 0.0153. The van der Waals surface area contributed by atoms with E-state index in [1.165, 1.54) is 40.2 Å². The molecule has 3 aliphatic rings. The van der Waals surface area contributed by atoms with Gasteiger partial charge in [0.25, 0.3) is 5.91 Å². The molecule has 2 amide bonds. The molecule has 5 rings (SSSR count). The molecule has 234 valence electrons. The number of nitrogens with one attached hydrogen (secondary N) is 1. The molecule has 0 bridgehead atoms. The SMILES string of the molecule is CC1(C)OC(C[n+]2ccc(SCC3=C(C(=O)O)N4C(=O)[C@@H](NC(=O)CSc5cc(Cl)ccc5Cl)[C@H]4SC3)cc2)C(C(=O)O)O1. The monoisotopic (exact) mass is 700 g/mol. The van der Waals surface area contributed by atoms with Crippen molar-refractivity contribution in [1.29, 1.82) is 0 Å². The Labute approximate surface area is 275 Å². The molecule has 2 aromatic rings. The van der Waals surface area contributed by atoms with Crippen molar-refractivity contribution in [2.24, 2.45) is 0 Å². The molecular weight excluding hydrogens is 673 g/mol. The molecule has 4 heterocycles. The lowest BCUT2D eigenvalue weighted by molar-refractivity contribution is -0.704. The molecule has 11 nitrogen and oxygen atoms in total. The zero-order valence-electron chi connectivity index (χ0n) is 23.4. The van der Waals surface area contributed by atoms with Crippen LogP contribution in [0.2, 0.25) is 10.0 Å². The maximum absolute atomic E-state index is 13.0. The third kappa shape index (κ3) is 7.33. The van der Waals surface area contributed by atoms with Gasteiger partial charge in [-0.05, 0) is 37.6 Å². The molecule has 2 unspecified atom stereocenters. The number of aliphatic carboxylic acids is 2. The minimum atomic E-state index is -1.20. The molecule has 0 saturated carbocycles. The Morgan fingerprint density at radius 1 is 1.14 bits per heavy atom. The number of carbonyl (C=O) groups excluding carboxylic acids is 2. The summed E-state index contributed by atoms with van der Waals surface area (Å²) < 4.78 is 13.0. The van der Waals surface area contributed by atoms with E-state index in [4.69, 9.17) is 32.7 Å². The molecule has 2 saturated heterocycles. The number of halogens is 2. The highest BCUT2D eigenvalue weighted by Crippen LogP contribution is 2.42. The van der Waals surface area contributed by atoms with Crippen LogP contribution in [0.4, 0.5) is 0 Å². The fourth-order valence-corrected chi connectivity index (χ4v) is 8.63. The van der Waals surface area contributed by atoms with Crippen LogP contribution < -0.4 is 9.88 Å². The van der Waals surface area contributed by atoms with Crippen molar-refractivity contribution in [2.75, 3.05) is 17.3 Å². The number of thioether (sulfide) groups is 3. The number of benzene rings is 1. The standard InChI is InChI=1S/C28H27Cl2N3O8S3/c1-28(2)40-18(23(41-28)27(38)39)10-32-7-5-16(6-8-32)42-11-14-12-44-25-21(24(35)33(25)22(14)26(36)37)31-20(34)13-43-19-9-15(29)3-4-17(19)30/h3-9,18,21,23,25H,10-13H2,1-2H3,(H2-,31,34,36,37,38,39)/p+1/t18?,21-,23?,25-/m1/s1. The van der Waals surface area contributed by atoms with Gasteiger partial charge in [-0.2, -0.15) is 0 Å². The van der Waals surface area contributed by atoms with Gasteiger partial charge in [-0.15, -0.1) is 35.3 Å². The molecule has 1 aromatic carbocycles. The van der Waals surface area contributed by atoms with Gasteiger partial charge < -0.3 is 25.0 Å². The number of pyridine rings is 1. The van der Waals surface area contributed by atoms with Crippen molar-refractivity contribution in [2.45, 2.75) is 59.6 Å². The van der Waals surface area contributed by atoms with Crippen molar-refractivity contribution in [3.8, 4) is 0 Å². The van der Waals surface area contributed by atoms with Crippen LogP contribution in [0.5, 0.6) is 0 Å². The Hall–Kier alpha value is -2.46. The number of hydrogen-bond donors (Lipinski definition) is 3. The first-order valence-electron chi connectivity index (χ1n) is 13.3. The highest BCUT2D eigenvalue weighted by Gasteiger charge is 2.54. The molecule has 16 heteroatoms. The first-order chi connectivity index (χ1) is 20.8. The maximum atomic E-state index is 13.0. The summed E-state index contributed by atoms with van der Waals surface area (Å²) in [5.74, 6) is -3.37. The maximum Gasteiger partial charge on any atom is 0.352 e. The predicted molar refractivity (Wildman–Crippen MR) is 166 cm³/mol. The first-order valence-corrected chi connectivity index (χ1v) is 17.1. The van der Waals surface area contributed by atoms with E-state index in [1.807, 2.05) is 12.1 Å². The van der Waals surface area contributed by atoms with Crippen LogP contribution in [0, 0.1) is 0 Å². The molecule has 3 aliphatic heterocycles. The largest absolute Gasteiger partial charge is 0.479 e. The van der Waals surface area contributed by atoms with E-state index >= 15 is 0 Å². The highest BCUT2D eigenvalue weighted by atomic mass is 35.5. The summed E-state index contributed by atoms with van der Waals surface area (Å²) >= 11 is 16.2. The zero-order valence-corrected chi connectivity index (χ0v) is 27.4. The first kappa shape index (κ1) is 32.9. The van der Waals surface area contributed by atoms with Crippen molar-refractivity contribution < 1.29 is 43.4 Å². The number of hydrogen-bond acceptors (Lipinski definition) is 9. The Morgan fingerprint density at radius 3 is 2.55 bits per heavy atom. The number of fused-ring (bicyclic) bond motifs is 1. The molecular formula is C28H28Cl2N3O8S3+. The van der Waals surface area contributed by atoms with Gasteiger partial charge >= 0.3 is 11.9 Å². The predicted octanol–water partition coefficient (Wildman–Crippen LogP) is 3.51. The van der Waals surface area contributed by atoms with Gasteiger partial charge in [0.2, 0.25) is 5.91 Å². The van der Waals surface area contributed by atoms with Gasteiger partial charge in [-0.25, -0.2) is 14.2 Å². The summed E-state index contributed by atoms with van der Waals surface area (Å²) in [6, 6.07) is 7.81. The fraction of sp³-hybridized carbons (Fsp3) is 0.393. The Balaban J connectivity index is 1.17. The summed E-state index contributed by atoms with van der Waals surface area (Å²) in [5, 5.41) is 22.6. The van der Waals surface area contributed by atoms with E-state index in [2.05, 4.69) is 5.32 Å². The van der Waals surface area contributed by atoms with Crippen LogP contribution in [0.15, 0.2) is 63.8 Å². The molecule has 0 aliphatic carbocycles. The molecule has 0 radical (unpaired) electrons. The third-order valence-corrected chi connectivity index (χ3v) is 11.1. The Bertz CT molecular complexity index is 1520. The number of aromatic nitrogens is 1. The summed E-state index contributed by atoms with van der Waals surface area (Å²) in [6.07, 6.45) is 1.84. The number of carboxylic acids is 2. The second-order valence-corrected chi connectivity index (χ2v) is 14.5. The smallest absolute Gasteiger partial charge is 0.352 e. The van der Waals surface area contributed by atoms with E-state index in [0.717, 1.165) is 4.90 Å². The van der Waals surface area contributed by atoms with Crippen molar-refractivity contribution in [1.82, 2.24) is 10.2 Å². The van der Waals surface area contributed by atoms with E-state index in [-0.39, 0.29) is 23.9 Å². The minimum Gasteiger partial charge on any atom is -0.479 e. The van der Waals surface area contributed by atoms with Crippen molar-refractivity contribution in [3.63, 3.8) is 0 Å². The van der Waals surface area contributed by atoms with E-state index < -0.39 is 47.3 Å². The van der Waals surface area contributed by atoms with Gasteiger partial charge in [0.05, 0.1) is 10.8 Å². The average Bonchev–Trinajstić information content (AvgIpc) is 3.29. The number of carbonyl (C=O) groups is 4. The van der Waals surface area contributed by atoms with E-state index in [1.54, 1.807) is 49.0 Å². The lowest BCUT2D eigenvalue weighted by atomic mass is 10.0. The molecule has 3 N–H and O–H groups in total. The fourth-order valence-electron chi connectivity index (χ4n) is 4.96. The lowest BCUT2D eigenvalue weighted by Crippen LogP contribution is -2.70. The van der Waals surface area contributed by atoms with Gasteiger partial charge in [0, 0.05) is 38.5 Å². The van der Waals surface area contributed by atoms with Crippen molar-refractivity contribution in [3.05, 3.63) is 64.0 Å². The van der Waals surface area contributed by atoms with Crippen LogP contribution >= 0.6 is 58.5 Å². The summed E-state index contributed by atoms with van der Waals surface area (Å²) in [4.78, 5) is 52.2. The third-order valence-electron chi connectivity index (χ3n) is 6.91. The second kappa shape index (κ2) is 13.5. The molecule has 0 spiro atoms. The van der Waals surface area contributed by atoms with Gasteiger partial charge in [-0.3, -0.25) is 14.5 Å². The number of β-lactam (4-membered cyclic amide) rings is 1. The summed E-state index contributed by atoms with van der Waals surface area (Å²) in [7, 11) is 0. The molecule has 1 aromatic heterocycles. The topological polar surface area (TPSA) is 146 Å². The van der Waals surface area contributed by atoms with E-state index in [0.29, 0.717) is 32.0 Å². The Kier molecular flexibility index (Phi) is 10.1. The molecule has 2 fully saturated rings. The highest BCUT2D eigenvalue weighted by molar-refractivity contribution is 8.01. The van der Waals surface area contributed by atoms with Gasteiger partial charge in [0.1, 0.15) is 17.1 Å². The van der Waals surface area contributed by atoms with E-state index in [9.17, 15) is 29.4 Å². The number of carboxylic acid groups (broad SMARTS) is 2. The average molecular weight is 702 g/mol. The molecule has 4 atom stereocenters. The number of amides is 2.